The van der Waals surface area contributed by atoms with Gasteiger partial charge in [-0.15, -0.1) is 0 Å². The Labute approximate surface area is 125 Å². The molecular weight excluding hydrogens is 268 g/mol. The van der Waals surface area contributed by atoms with Crippen molar-refractivity contribution in [1.82, 2.24) is 10.3 Å². The Bertz CT molecular complexity index is 548. The lowest BCUT2D eigenvalue weighted by atomic mass is 9.86. The molecule has 1 aromatic rings. The molecule has 1 heterocycles. The standard InChI is InChI=1S/C16H24N2O3/c1-9-7-5-6-8-12(9)18-15(19)14-10(2)13(11(3)17-14)16(20)21-4/h9,12,17H,5-8H2,1-4H3,(H,18,19)/t9-,12-/m0/s1. The van der Waals surface area contributed by atoms with Crippen LogP contribution in [0.15, 0.2) is 0 Å². The molecule has 1 aliphatic carbocycles. The van der Waals surface area contributed by atoms with E-state index in [1.807, 2.05) is 0 Å². The van der Waals surface area contributed by atoms with Gasteiger partial charge in [0.15, 0.2) is 0 Å². The number of aryl methyl sites for hydroxylation is 1. The molecule has 1 amide bonds. The van der Waals surface area contributed by atoms with E-state index >= 15 is 0 Å². The fraction of sp³-hybridized carbons (Fsp3) is 0.625. The highest BCUT2D eigenvalue weighted by atomic mass is 16.5. The summed E-state index contributed by atoms with van der Waals surface area (Å²) in [5.74, 6) is -0.0463. The Balaban J connectivity index is 2.18. The van der Waals surface area contributed by atoms with Crippen LogP contribution in [0.5, 0.6) is 0 Å². The molecule has 2 N–H and O–H groups in total. The summed E-state index contributed by atoms with van der Waals surface area (Å²) in [6.07, 6.45) is 4.57. The number of aromatic amines is 1. The van der Waals surface area contributed by atoms with Gasteiger partial charge in [0.25, 0.3) is 5.91 Å². The third-order valence-electron chi connectivity index (χ3n) is 4.48. The van der Waals surface area contributed by atoms with Crippen LogP contribution in [0.2, 0.25) is 0 Å². The summed E-state index contributed by atoms with van der Waals surface area (Å²) < 4.78 is 4.77. The van der Waals surface area contributed by atoms with Crippen LogP contribution in [0.1, 0.15) is 64.7 Å². The molecule has 1 aliphatic rings. The van der Waals surface area contributed by atoms with Crippen LogP contribution in [-0.2, 0) is 4.74 Å². The SMILES string of the molecule is COC(=O)c1c(C)[nH]c(C(=O)N[C@H]2CCCC[C@@H]2C)c1C. The van der Waals surface area contributed by atoms with E-state index in [1.165, 1.54) is 13.5 Å². The minimum absolute atomic E-state index is 0.135. The molecule has 0 spiro atoms. The first kappa shape index (κ1) is 15.6. The first-order chi connectivity index (χ1) is 9.95. The molecule has 5 nitrogen and oxygen atoms in total. The Hall–Kier alpha value is -1.78. The first-order valence-electron chi connectivity index (χ1n) is 7.54. The van der Waals surface area contributed by atoms with E-state index in [9.17, 15) is 9.59 Å². The maximum Gasteiger partial charge on any atom is 0.339 e. The molecule has 0 unspecified atom stereocenters. The van der Waals surface area contributed by atoms with E-state index in [2.05, 4.69) is 17.2 Å². The maximum absolute atomic E-state index is 12.5. The molecule has 0 radical (unpaired) electrons. The van der Waals surface area contributed by atoms with Crippen molar-refractivity contribution < 1.29 is 14.3 Å². The van der Waals surface area contributed by atoms with Gasteiger partial charge >= 0.3 is 5.97 Å². The van der Waals surface area contributed by atoms with Crippen LogP contribution in [-0.4, -0.2) is 30.0 Å². The van der Waals surface area contributed by atoms with E-state index in [0.29, 0.717) is 28.4 Å². The number of methoxy groups -OCH3 is 1. The van der Waals surface area contributed by atoms with Gasteiger partial charge in [0.05, 0.1) is 12.7 Å². The Kier molecular flexibility index (Phi) is 4.70. The summed E-state index contributed by atoms with van der Waals surface area (Å²) in [5, 5.41) is 3.10. The number of carbonyl (C=O) groups is 2. The predicted molar refractivity (Wildman–Crippen MR) is 80.5 cm³/mol. The summed E-state index contributed by atoms with van der Waals surface area (Å²) in [6, 6.07) is 0.218. The molecule has 116 valence electrons. The van der Waals surface area contributed by atoms with Gasteiger partial charge in [0.1, 0.15) is 5.69 Å². The summed E-state index contributed by atoms with van der Waals surface area (Å²) in [4.78, 5) is 27.2. The molecule has 0 saturated heterocycles. The Morgan fingerprint density at radius 1 is 1.24 bits per heavy atom. The third-order valence-corrected chi connectivity index (χ3v) is 4.48. The number of hydrogen-bond acceptors (Lipinski definition) is 3. The van der Waals surface area contributed by atoms with Crippen LogP contribution < -0.4 is 5.32 Å². The predicted octanol–water partition coefficient (Wildman–Crippen LogP) is 2.73. The second-order valence-electron chi connectivity index (χ2n) is 5.96. The van der Waals surface area contributed by atoms with E-state index in [4.69, 9.17) is 4.74 Å². The number of amides is 1. The van der Waals surface area contributed by atoms with Crippen molar-refractivity contribution >= 4 is 11.9 Å². The number of esters is 1. The Morgan fingerprint density at radius 3 is 2.52 bits per heavy atom. The number of rotatable bonds is 3. The van der Waals surface area contributed by atoms with E-state index in [-0.39, 0.29) is 11.9 Å². The average molecular weight is 292 g/mol. The fourth-order valence-electron chi connectivity index (χ4n) is 3.16. The highest BCUT2D eigenvalue weighted by Crippen LogP contribution is 2.25. The van der Waals surface area contributed by atoms with E-state index in [0.717, 1.165) is 19.3 Å². The molecule has 1 saturated carbocycles. The first-order valence-corrected chi connectivity index (χ1v) is 7.54. The second-order valence-corrected chi connectivity index (χ2v) is 5.96. The van der Waals surface area contributed by atoms with Crippen molar-refractivity contribution in [1.29, 1.82) is 0 Å². The minimum atomic E-state index is -0.411. The molecule has 0 bridgehead atoms. The van der Waals surface area contributed by atoms with Gasteiger partial charge in [0, 0.05) is 11.7 Å². The second kappa shape index (κ2) is 6.33. The van der Waals surface area contributed by atoms with Crippen molar-refractivity contribution in [3.8, 4) is 0 Å². The highest BCUT2D eigenvalue weighted by Gasteiger charge is 2.27. The van der Waals surface area contributed by atoms with Crippen LogP contribution >= 0.6 is 0 Å². The van der Waals surface area contributed by atoms with Crippen molar-refractivity contribution in [2.24, 2.45) is 5.92 Å². The third kappa shape index (κ3) is 3.12. The van der Waals surface area contributed by atoms with Crippen LogP contribution in [0, 0.1) is 19.8 Å². The minimum Gasteiger partial charge on any atom is -0.465 e. The molecule has 0 aromatic carbocycles. The zero-order valence-electron chi connectivity index (χ0n) is 13.2. The summed E-state index contributed by atoms with van der Waals surface area (Å²) in [7, 11) is 1.34. The molecule has 0 aliphatic heterocycles. The molecule has 21 heavy (non-hydrogen) atoms. The van der Waals surface area contributed by atoms with Gasteiger partial charge in [-0.25, -0.2) is 4.79 Å². The van der Waals surface area contributed by atoms with Crippen molar-refractivity contribution in [3.63, 3.8) is 0 Å². The lowest BCUT2D eigenvalue weighted by molar-refractivity contribution is 0.0599. The largest absolute Gasteiger partial charge is 0.465 e. The molecular formula is C16H24N2O3. The van der Waals surface area contributed by atoms with Crippen LogP contribution in [0.4, 0.5) is 0 Å². The Morgan fingerprint density at radius 2 is 1.90 bits per heavy atom. The monoisotopic (exact) mass is 292 g/mol. The van der Waals surface area contributed by atoms with Gasteiger partial charge in [-0.05, 0) is 38.2 Å². The quantitative estimate of drug-likeness (QED) is 0.841. The van der Waals surface area contributed by atoms with Crippen molar-refractivity contribution in [2.75, 3.05) is 7.11 Å². The normalized spacial score (nSPS) is 21.9. The van der Waals surface area contributed by atoms with Crippen LogP contribution in [0.25, 0.3) is 0 Å². The average Bonchev–Trinajstić information content (AvgIpc) is 2.76. The topological polar surface area (TPSA) is 71.2 Å². The van der Waals surface area contributed by atoms with E-state index < -0.39 is 5.97 Å². The number of carbonyl (C=O) groups excluding carboxylic acids is 2. The zero-order valence-corrected chi connectivity index (χ0v) is 13.2. The zero-order chi connectivity index (χ0) is 15.6. The van der Waals surface area contributed by atoms with Gasteiger partial charge in [-0.2, -0.15) is 0 Å². The van der Waals surface area contributed by atoms with Crippen LogP contribution in [0.3, 0.4) is 0 Å². The van der Waals surface area contributed by atoms with Gasteiger partial charge in [-0.3, -0.25) is 4.79 Å². The fourth-order valence-corrected chi connectivity index (χ4v) is 3.16. The number of nitrogens with one attached hydrogen (secondary N) is 2. The molecule has 5 heteroatoms. The maximum atomic E-state index is 12.5. The number of aromatic nitrogens is 1. The summed E-state index contributed by atoms with van der Waals surface area (Å²) in [5.41, 5.74) is 2.24. The molecule has 2 rings (SSSR count). The number of H-pyrrole nitrogens is 1. The van der Waals surface area contributed by atoms with Gasteiger partial charge in [-0.1, -0.05) is 19.8 Å². The highest BCUT2D eigenvalue weighted by molar-refractivity contribution is 6.00. The van der Waals surface area contributed by atoms with Gasteiger partial charge in [0.2, 0.25) is 0 Å². The van der Waals surface area contributed by atoms with Gasteiger partial charge < -0.3 is 15.0 Å². The van der Waals surface area contributed by atoms with Crippen molar-refractivity contribution in [3.05, 3.63) is 22.5 Å². The number of hydrogen-bond donors (Lipinski definition) is 2. The summed E-state index contributed by atoms with van der Waals surface area (Å²) in [6.45, 7) is 5.73. The lowest BCUT2D eigenvalue weighted by Crippen LogP contribution is -2.41. The van der Waals surface area contributed by atoms with Crippen molar-refractivity contribution in [2.45, 2.75) is 52.5 Å². The summed E-state index contributed by atoms with van der Waals surface area (Å²) >= 11 is 0. The molecule has 1 aromatic heterocycles. The molecule has 2 atom stereocenters. The van der Waals surface area contributed by atoms with E-state index in [1.54, 1.807) is 13.8 Å². The lowest BCUT2D eigenvalue weighted by Gasteiger charge is -2.29. The molecule has 1 fully saturated rings. The number of ether oxygens (including phenoxy) is 1. The smallest absolute Gasteiger partial charge is 0.339 e.